The average molecular weight is 333 g/mol. The number of carbonyl (C=O) groups excluding carboxylic acids is 1. The Morgan fingerprint density at radius 3 is 2.70 bits per heavy atom. The third-order valence-corrected chi connectivity index (χ3v) is 4.01. The summed E-state index contributed by atoms with van der Waals surface area (Å²) in [5, 5.41) is 0.585. The molecule has 0 radical (unpaired) electrons. The Morgan fingerprint density at radius 2 is 1.95 bits per heavy atom. The van der Waals surface area contributed by atoms with E-state index < -0.39 is 0 Å². The van der Waals surface area contributed by atoms with Crippen LogP contribution in [0.1, 0.15) is 21.7 Å². The van der Waals surface area contributed by atoms with Gasteiger partial charge in [-0.2, -0.15) is 0 Å². The van der Waals surface area contributed by atoms with E-state index in [1.54, 1.807) is 18.2 Å². The minimum Gasteiger partial charge on any atom is -0.453 e. The molecule has 0 saturated carbocycles. The topological polar surface area (TPSA) is 30.2 Å². The van der Waals surface area contributed by atoms with Gasteiger partial charge in [0.15, 0.2) is 5.76 Å². The second-order valence-corrected chi connectivity index (χ2v) is 5.44. The number of aryl methyl sites for hydroxylation is 1. The normalized spacial score (nSPS) is 10.9. The molecule has 0 atom stereocenters. The number of ketones is 1. The molecule has 0 aliphatic heterocycles. The van der Waals surface area contributed by atoms with Gasteiger partial charge in [-0.3, -0.25) is 4.79 Å². The molecule has 20 heavy (non-hydrogen) atoms. The van der Waals surface area contributed by atoms with Gasteiger partial charge in [-0.05, 0) is 55.0 Å². The Morgan fingerprint density at radius 1 is 1.15 bits per heavy atom. The largest absolute Gasteiger partial charge is 0.453 e. The second kappa shape index (κ2) is 4.87. The zero-order valence-electron chi connectivity index (χ0n) is 10.6. The van der Waals surface area contributed by atoms with E-state index in [4.69, 9.17) is 4.42 Å². The molecule has 2 nitrogen and oxygen atoms in total. The fourth-order valence-corrected chi connectivity index (χ4v) is 2.30. The van der Waals surface area contributed by atoms with Gasteiger partial charge in [0.2, 0.25) is 5.78 Å². The third kappa shape index (κ3) is 2.27. The van der Waals surface area contributed by atoms with E-state index in [0.29, 0.717) is 16.5 Å². The van der Waals surface area contributed by atoms with Crippen LogP contribution in [-0.2, 0) is 0 Å². The number of hydrogen-bond acceptors (Lipinski definition) is 2. The van der Waals surface area contributed by atoms with Gasteiger partial charge in [0.25, 0.3) is 0 Å². The minimum absolute atomic E-state index is 0.211. The molecule has 0 amide bonds. The van der Waals surface area contributed by atoms with Crippen molar-refractivity contribution in [2.24, 2.45) is 0 Å². The Balaban J connectivity index is 2.05. The first-order valence-corrected chi connectivity index (χ1v) is 6.84. The van der Waals surface area contributed by atoms with Gasteiger partial charge in [0.1, 0.15) is 11.4 Å². The molecule has 1 heterocycles. The van der Waals surface area contributed by atoms with Crippen molar-refractivity contribution in [2.75, 3.05) is 0 Å². The summed E-state index contributed by atoms with van der Waals surface area (Å²) in [4.78, 5) is 12.4. The van der Waals surface area contributed by atoms with Gasteiger partial charge in [-0.1, -0.05) is 15.9 Å². The number of benzene rings is 2. The zero-order chi connectivity index (χ0) is 14.3. The van der Waals surface area contributed by atoms with E-state index in [9.17, 15) is 9.18 Å². The Kier molecular flexibility index (Phi) is 3.18. The average Bonchev–Trinajstić information content (AvgIpc) is 2.84. The van der Waals surface area contributed by atoms with Crippen LogP contribution < -0.4 is 0 Å². The molecule has 0 N–H and O–H groups in total. The van der Waals surface area contributed by atoms with E-state index in [2.05, 4.69) is 15.9 Å². The van der Waals surface area contributed by atoms with Gasteiger partial charge < -0.3 is 4.42 Å². The van der Waals surface area contributed by atoms with Crippen molar-refractivity contribution >= 4 is 32.7 Å². The minimum atomic E-state index is -0.350. The van der Waals surface area contributed by atoms with Crippen LogP contribution in [0.2, 0.25) is 0 Å². The molecular weight excluding hydrogens is 323 g/mol. The Bertz CT molecular complexity index is 820. The third-order valence-electron chi connectivity index (χ3n) is 3.12. The number of furan rings is 1. The standard InChI is InChI=1S/C16H10BrFO2/c1-9-6-10(2-4-13(9)17)16(19)15-8-11-7-12(18)3-5-14(11)20-15/h2-8H,1H3. The van der Waals surface area contributed by atoms with Crippen molar-refractivity contribution in [3.8, 4) is 0 Å². The summed E-state index contributed by atoms with van der Waals surface area (Å²) < 4.78 is 19.6. The van der Waals surface area contributed by atoms with E-state index in [-0.39, 0.29) is 17.4 Å². The van der Waals surface area contributed by atoms with Crippen molar-refractivity contribution in [1.82, 2.24) is 0 Å². The SMILES string of the molecule is Cc1cc(C(=O)c2cc3cc(F)ccc3o2)ccc1Br. The lowest BCUT2D eigenvalue weighted by Crippen LogP contribution is -1.99. The Labute approximate surface area is 123 Å². The van der Waals surface area contributed by atoms with Crippen LogP contribution in [0.3, 0.4) is 0 Å². The number of rotatable bonds is 2. The Hall–Kier alpha value is -1.94. The lowest BCUT2D eigenvalue weighted by molar-refractivity contribution is 0.101. The van der Waals surface area contributed by atoms with Crippen molar-refractivity contribution < 1.29 is 13.6 Å². The summed E-state index contributed by atoms with van der Waals surface area (Å²) in [5.74, 6) is -0.346. The van der Waals surface area contributed by atoms with Crippen LogP contribution in [-0.4, -0.2) is 5.78 Å². The van der Waals surface area contributed by atoms with Gasteiger partial charge >= 0.3 is 0 Å². The highest BCUT2D eigenvalue weighted by atomic mass is 79.9. The molecule has 0 spiro atoms. The molecule has 3 rings (SSSR count). The van der Waals surface area contributed by atoms with Gasteiger partial charge in [0.05, 0.1) is 0 Å². The van der Waals surface area contributed by atoms with Crippen molar-refractivity contribution in [3.05, 3.63) is 69.6 Å². The first-order chi connectivity index (χ1) is 9.54. The van der Waals surface area contributed by atoms with Crippen LogP contribution >= 0.6 is 15.9 Å². The molecule has 0 fully saturated rings. The maximum absolute atomic E-state index is 13.1. The lowest BCUT2D eigenvalue weighted by Gasteiger charge is -2.01. The highest BCUT2D eigenvalue weighted by Gasteiger charge is 2.15. The van der Waals surface area contributed by atoms with E-state index in [0.717, 1.165) is 10.0 Å². The van der Waals surface area contributed by atoms with Crippen LogP contribution in [0.25, 0.3) is 11.0 Å². The predicted molar refractivity (Wildman–Crippen MR) is 78.5 cm³/mol. The zero-order valence-corrected chi connectivity index (χ0v) is 12.2. The quantitative estimate of drug-likeness (QED) is 0.626. The van der Waals surface area contributed by atoms with Crippen molar-refractivity contribution in [3.63, 3.8) is 0 Å². The van der Waals surface area contributed by atoms with Gasteiger partial charge in [-0.15, -0.1) is 0 Å². The molecule has 0 aliphatic carbocycles. The first-order valence-electron chi connectivity index (χ1n) is 6.04. The molecule has 3 aromatic rings. The number of halogens is 2. The molecule has 2 aromatic carbocycles. The second-order valence-electron chi connectivity index (χ2n) is 4.59. The van der Waals surface area contributed by atoms with Crippen LogP contribution in [0, 0.1) is 12.7 Å². The highest BCUT2D eigenvalue weighted by molar-refractivity contribution is 9.10. The molecule has 0 bridgehead atoms. The lowest BCUT2D eigenvalue weighted by atomic mass is 10.1. The highest BCUT2D eigenvalue weighted by Crippen LogP contribution is 2.24. The maximum atomic E-state index is 13.1. The van der Waals surface area contributed by atoms with Crippen molar-refractivity contribution in [2.45, 2.75) is 6.92 Å². The number of hydrogen-bond donors (Lipinski definition) is 0. The van der Waals surface area contributed by atoms with Crippen LogP contribution in [0.4, 0.5) is 4.39 Å². The smallest absolute Gasteiger partial charge is 0.228 e. The summed E-state index contributed by atoms with van der Waals surface area (Å²) >= 11 is 3.39. The fraction of sp³-hybridized carbons (Fsp3) is 0.0625. The molecule has 100 valence electrons. The van der Waals surface area contributed by atoms with Gasteiger partial charge in [0, 0.05) is 15.4 Å². The predicted octanol–water partition coefficient (Wildman–Crippen LogP) is 4.87. The van der Waals surface area contributed by atoms with E-state index in [1.165, 1.54) is 18.2 Å². The molecule has 1 aromatic heterocycles. The molecular formula is C16H10BrFO2. The first kappa shape index (κ1) is 13.1. The maximum Gasteiger partial charge on any atom is 0.228 e. The molecule has 0 aliphatic rings. The van der Waals surface area contributed by atoms with Gasteiger partial charge in [-0.25, -0.2) is 4.39 Å². The summed E-state index contributed by atoms with van der Waals surface area (Å²) in [7, 11) is 0. The number of fused-ring (bicyclic) bond motifs is 1. The van der Waals surface area contributed by atoms with Crippen LogP contribution in [0.15, 0.2) is 51.4 Å². The van der Waals surface area contributed by atoms with Crippen molar-refractivity contribution in [1.29, 1.82) is 0 Å². The summed E-state index contributed by atoms with van der Waals surface area (Å²) in [6.45, 7) is 1.91. The molecule has 0 saturated heterocycles. The molecule has 4 heteroatoms. The van der Waals surface area contributed by atoms with E-state index >= 15 is 0 Å². The molecule has 0 unspecified atom stereocenters. The van der Waals surface area contributed by atoms with Crippen LogP contribution in [0.5, 0.6) is 0 Å². The number of carbonyl (C=O) groups is 1. The monoisotopic (exact) mass is 332 g/mol. The summed E-state index contributed by atoms with van der Waals surface area (Å²) in [6.07, 6.45) is 0. The summed E-state index contributed by atoms with van der Waals surface area (Å²) in [6, 6.07) is 11.1. The fourth-order valence-electron chi connectivity index (χ4n) is 2.05. The summed E-state index contributed by atoms with van der Waals surface area (Å²) in [5.41, 5.74) is 2.02. The van der Waals surface area contributed by atoms with E-state index in [1.807, 2.05) is 13.0 Å².